The molecular formula is C29H46O3. The van der Waals surface area contributed by atoms with Gasteiger partial charge in [-0.05, 0) is 57.6 Å². The minimum absolute atomic E-state index is 0.0542. The summed E-state index contributed by atoms with van der Waals surface area (Å²) in [5, 5.41) is 0. The number of carbonyl (C=O) groups is 2. The maximum Gasteiger partial charge on any atom is 0.312 e. The fourth-order valence-corrected chi connectivity index (χ4v) is 5.29. The summed E-state index contributed by atoms with van der Waals surface area (Å²) in [5.74, 6) is -0.0163. The van der Waals surface area contributed by atoms with Gasteiger partial charge in [0.15, 0.2) is 5.78 Å². The first kappa shape index (κ1) is 26.6. The van der Waals surface area contributed by atoms with Gasteiger partial charge in [0, 0.05) is 12.0 Å². The lowest BCUT2D eigenvalue weighted by molar-refractivity contribution is -0.158. The van der Waals surface area contributed by atoms with Crippen molar-refractivity contribution in [3.8, 4) is 0 Å². The molecule has 2 unspecified atom stereocenters. The number of aryl methyl sites for hydroxylation is 3. The van der Waals surface area contributed by atoms with Crippen LogP contribution in [0.4, 0.5) is 0 Å². The Bertz CT molecular complexity index is 728. The van der Waals surface area contributed by atoms with Crippen molar-refractivity contribution in [2.45, 2.75) is 118 Å². The van der Waals surface area contributed by atoms with Crippen LogP contribution in [-0.2, 0) is 9.53 Å². The summed E-state index contributed by atoms with van der Waals surface area (Å²) >= 11 is 0. The number of carbonyl (C=O) groups excluding carboxylic acids is 2. The molecule has 2 atom stereocenters. The Morgan fingerprint density at radius 2 is 1.34 bits per heavy atom. The van der Waals surface area contributed by atoms with Gasteiger partial charge in [-0.15, -0.1) is 0 Å². The summed E-state index contributed by atoms with van der Waals surface area (Å²) in [6, 6.07) is 4.15. The molecule has 0 aliphatic carbocycles. The van der Waals surface area contributed by atoms with Gasteiger partial charge in [0.2, 0.25) is 0 Å². The molecule has 0 amide bonds. The fourth-order valence-electron chi connectivity index (χ4n) is 5.29. The van der Waals surface area contributed by atoms with E-state index in [1.54, 1.807) is 0 Å². The van der Waals surface area contributed by atoms with E-state index in [2.05, 4.69) is 26.0 Å². The third-order valence-corrected chi connectivity index (χ3v) is 7.58. The van der Waals surface area contributed by atoms with E-state index in [0.29, 0.717) is 13.0 Å². The Hall–Kier alpha value is -1.64. The topological polar surface area (TPSA) is 43.4 Å². The molecule has 0 radical (unpaired) electrons. The van der Waals surface area contributed by atoms with Crippen molar-refractivity contribution < 1.29 is 14.3 Å². The average molecular weight is 443 g/mol. The van der Waals surface area contributed by atoms with Crippen LogP contribution in [0.2, 0.25) is 0 Å². The molecule has 180 valence electrons. The first-order chi connectivity index (χ1) is 15.3. The number of rotatable bonds is 4. The van der Waals surface area contributed by atoms with Crippen LogP contribution < -0.4 is 0 Å². The van der Waals surface area contributed by atoms with Gasteiger partial charge in [-0.25, -0.2) is 0 Å². The molecule has 1 saturated heterocycles. The number of ether oxygens (including phenoxy) is 1. The molecule has 2 rings (SSSR count). The molecule has 0 N–H and O–H groups in total. The molecule has 0 aromatic heterocycles. The maximum atomic E-state index is 13.3. The molecule has 3 heteroatoms. The first-order valence-corrected chi connectivity index (χ1v) is 13.0. The number of hydrogen-bond donors (Lipinski definition) is 0. The molecule has 1 aromatic rings. The standard InChI is InChI=1S/C29H46O3/c1-22-19-23(2)27(24(3)20-22)26(30)21-25(4)29(5)17-15-13-11-9-7-6-8-10-12-14-16-18-32-28(29)31/h19-20,25H,6-18,21H2,1-5H3. The maximum absolute atomic E-state index is 13.3. The second-order valence-electron chi connectivity index (χ2n) is 10.5. The second kappa shape index (κ2) is 13.2. The SMILES string of the molecule is Cc1cc(C)c(C(=O)CC(C)C2(C)CCCCCCCCCCCCCOC2=O)c(C)c1. The molecule has 1 aliphatic rings. The number of hydrogen-bond acceptors (Lipinski definition) is 3. The van der Waals surface area contributed by atoms with Gasteiger partial charge < -0.3 is 4.74 Å². The van der Waals surface area contributed by atoms with Gasteiger partial charge in [-0.3, -0.25) is 9.59 Å². The summed E-state index contributed by atoms with van der Waals surface area (Å²) in [6.45, 7) is 10.7. The third kappa shape index (κ3) is 7.74. The van der Waals surface area contributed by atoms with Crippen LogP contribution >= 0.6 is 0 Å². The lowest BCUT2D eigenvalue weighted by atomic mass is 9.71. The highest BCUT2D eigenvalue weighted by Gasteiger charge is 2.41. The van der Waals surface area contributed by atoms with E-state index in [-0.39, 0.29) is 17.7 Å². The summed E-state index contributed by atoms with van der Waals surface area (Å²) in [6.07, 6.45) is 14.5. The van der Waals surface area contributed by atoms with Crippen molar-refractivity contribution in [2.24, 2.45) is 11.3 Å². The van der Waals surface area contributed by atoms with Crippen LogP contribution in [0, 0.1) is 32.1 Å². The predicted molar refractivity (Wildman–Crippen MR) is 133 cm³/mol. The van der Waals surface area contributed by atoms with Crippen LogP contribution in [0.5, 0.6) is 0 Å². The Labute approximate surface area is 196 Å². The van der Waals surface area contributed by atoms with E-state index in [1.165, 1.54) is 50.5 Å². The molecule has 0 spiro atoms. The largest absolute Gasteiger partial charge is 0.465 e. The number of Topliss-reactive ketones (excluding diaryl/α,β-unsaturated/α-hetero) is 1. The zero-order chi connectivity index (χ0) is 23.6. The first-order valence-electron chi connectivity index (χ1n) is 13.0. The minimum atomic E-state index is -0.612. The highest BCUT2D eigenvalue weighted by atomic mass is 16.5. The van der Waals surface area contributed by atoms with Gasteiger partial charge in [0.25, 0.3) is 0 Å². The number of esters is 1. The quantitative estimate of drug-likeness (QED) is 0.350. The van der Waals surface area contributed by atoms with Crippen LogP contribution in [-0.4, -0.2) is 18.4 Å². The molecule has 0 saturated carbocycles. The molecule has 1 heterocycles. The third-order valence-electron chi connectivity index (χ3n) is 7.58. The Balaban J connectivity index is 2.11. The van der Waals surface area contributed by atoms with E-state index in [4.69, 9.17) is 4.74 Å². The molecule has 0 bridgehead atoms. The van der Waals surface area contributed by atoms with E-state index in [9.17, 15) is 9.59 Å². The molecule has 1 aromatic carbocycles. The number of benzene rings is 1. The summed E-state index contributed by atoms with van der Waals surface area (Å²) < 4.78 is 5.78. The zero-order valence-corrected chi connectivity index (χ0v) is 21.4. The van der Waals surface area contributed by atoms with E-state index < -0.39 is 5.41 Å². The van der Waals surface area contributed by atoms with Gasteiger partial charge >= 0.3 is 5.97 Å². The Morgan fingerprint density at radius 1 is 0.875 bits per heavy atom. The van der Waals surface area contributed by atoms with Crippen LogP contribution in [0.3, 0.4) is 0 Å². The van der Waals surface area contributed by atoms with Crippen LogP contribution in [0.1, 0.15) is 124 Å². The fraction of sp³-hybridized carbons (Fsp3) is 0.724. The predicted octanol–water partition coefficient (Wildman–Crippen LogP) is 8.07. The lowest BCUT2D eigenvalue weighted by Crippen LogP contribution is -2.37. The van der Waals surface area contributed by atoms with Gasteiger partial charge in [0.1, 0.15) is 0 Å². The molecule has 1 fully saturated rings. The van der Waals surface area contributed by atoms with Crippen LogP contribution in [0.25, 0.3) is 0 Å². The van der Waals surface area contributed by atoms with Crippen LogP contribution in [0.15, 0.2) is 12.1 Å². The molecule has 3 nitrogen and oxygen atoms in total. The summed E-state index contributed by atoms with van der Waals surface area (Å²) in [7, 11) is 0. The lowest BCUT2D eigenvalue weighted by Gasteiger charge is -2.33. The van der Waals surface area contributed by atoms with E-state index >= 15 is 0 Å². The Kier molecular flexibility index (Phi) is 10.9. The molecular weight excluding hydrogens is 396 g/mol. The monoisotopic (exact) mass is 442 g/mol. The highest BCUT2D eigenvalue weighted by molar-refractivity contribution is 5.99. The number of ketones is 1. The van der Waals surface area contributed by atoms with Gasteiger partial charge in [-0.1, -0.05) is 88.8 Å². The van der Waals surface area contributed by atoms with Crippen molar-refractivity contribution in [2.75, 3.05) is 6.61 Å². The zero-order valence-electron chi connectivity index (χ0n) is 21.4. The smallest absolute Gasteiger partial charge is 0.312 e. The second-order valence-corrected chi connectivity index (χ2v) is 10.5. The van der Waals surface area contributed by atoms with Gasteiger partial charge in [-0.2, -0.15) is 0 Å². The normalized spacial score (nSPS) is 23.3. The van der Waals surface area contributed by atoms with E-state index in [1.807, 2.05) is 20.8 Å². The van der Waals surface area contributed by atoms with Crippen molar-refractivity contribution in [3.05, 3.63) is 34.4 Å². The Morgan fingerprint density at radius 3 is 1.88 bits per heavy atom. The van der Waals surface area contributed by atoms with Crippen molar-refractivity contribution >= 4 is 11.8 Å². The van der Waals surface area contributed by atoms with Crippen molar-refractivity contribution in [1.82, 2.24) is 0 Å². The number of cyclic esters (lactones) is 1. The molecule has 32 heavy (non-hydrogen) atoms. The van der Waals surface area contributed by atoms with Crippen molar-refractivity contribution in [3.63, 3.8) is 0 Å². The average Bonchev–Trinajstić information content (AvgIpc) is 2.71. The highest BCUT2D eigenvalue weighted by Crippen LogP contribution is 2.38. The summed E-state index contributed by atoms with van der Waals surface area (Å²) in [4.78, 5) is 26.5. The summed E-state index contributed by atoms with van der Waals surface area (Å²) in [5.41, 5.74) is 3.46. The molecule has 1 aliphatic heterocycles. The van der Waals surface area contributed by atoms with Crippen molar-refractivity contribution in [1.29, 1.82) is 0 Å². The van der Waals surface area contributed by atoms with E-state index in [0.717, 1.165) is 48.8 Å². The minimum Gasteiger partial charge on any atom is -0.465 e. The van der Waals surface area contributed by atoms with Gasteiger partial charge in [0.05, 0.1) is 12.0 Å².